The number of nitrogens with zero attached hydrogens (tertiary/aromatic N) is 1. The van der Waals surface area contributed by atoms with E-state index in [1.165, 1.54) is 19.3 Å². The number of fused-ring (bicyclic) bond motifs is 1. The standard InChI is InChI=1S/C14H19NO3/c1-17-9-12-5-6-13(18-12)14(16)15-7-10-3-2-4-11(10)8-15/h5-6,10-11H,2-4,7-9H2,1H3. The lowest BCUT2D eigenvalue weighted by Gasteiger charge is -2.15. The molecule has 0 spiro atoms. The van der Waals surface area contributed by atoms with Crippen molar-refractivity contribution in [2.75, 3.05) is 20.2 Å². The Morgan fingerprint density at radius 2 is 2.11 bits per heavy atom. The summed E-state index contributed by atoms with van der Waals surface area (Å²) in [5.41, 5.74) is 0. The first-order valence-electron chi connectivity index (χ1n) is 6.65. The van der Waals surface area contributed by atoms with Crippen LogP contribution in [-0.2, 0) is 11.3 Å². The molecule has 2 fully saturated rings. The highest BCUT2D eigenvalue weighted by Gasteiger charge is 2.38. The van der Waals surface area contributed by atoms with Gasteiger partial charge in [-0.1, -0.05) is 6.42 Å². The highest BCUT2D eigenvalue weighted by Crippen LogP contribution is 2.38. The van der Waals surface area contributed by atoms with Gasteiger partial charge in [-0.05, 0) is 36.8 Å². The van der Waals surface area contributed by atoms with E-state index in [4.69, 9.17) is 9.15 Å². The number of rotatable bonds is 3. The maximum atomic E-state index is 12.3. The maximum Gasteiger partial charge on any atom is 0.289 e. The minimum absolute atomic E-state index is 0.0340. The van der Waals surface area contributed by atoms with Crippen LogP contribution in [0.3, 0.4) is 0 Å². The summed E-state index contributed by atoms with van der Waals surface area (Å²) in [5, 5.41) is 0. The molecule has 1 amide bonds. The molecule has 18 heavy (non-hydrogen) atoms. The summed E-state index contributed by atoms with van der Waals surface area (Å²) in [5.74, 6) is 2.64. The van der Waals surface area contributed by atoms with Gasteiger partial charge in [-0.2, -0.15) is 0 Å². The Hall–Kier alpha value is -1.29. The van der Waals surface area contributed by atoms with Gasteiger partial charge in [0.1, 0.15) is 12.4 Å². The second kappa shape index (κ2) is 4.76. The summed E-state index contributed by atoms with van der Waals surface area (Å²) in [6.07, 6.45) is 3.89. The number of furan rings is 1. The van der Waals surface area contributed by atoms with E-state index in [1.54, 1.807) is 13.2 Å². The molecule has 4 heteroatoms. The summed E-state index contributed by atoms with van der Waals surface area (Å²) in [6.45, 7) is 2.23. The van der Waals surface area contributed by atoms with Crippen LogP contribution in [0.1, 0.15) is 35.6 Å². The Bertz CT molecular complexity index is 428. The molecule has 1 aliphatic carbocycles. The minimum Gasteiger partial charge on any atom is -0.453 e. The molecule has 0 aromatic carbocycles. The van der Waals surface area contributed by atoms with Crippen LogP contribution in [0.25, 0.3) is 0 Å². The van der Waals surface area contributed by atoms with Gasteiger partial charge >= 0.3 is 0 Å². The molecule has 0 radical (unpaired) electrons. The third-order valence-corrected chi connectivity index (χ3v) is 4.17. The van der Waals surface area contributed by atoms with Crippen molar-refractivity contribution in [2.24, 2.45) is 11.8 Å². The summed E-state index contributed by atoms with van der Waals surface area (Å²) < 4.78 is 10.5. The quantitative estimate of drug-likeness (QED) is 0.825. The lowest BCUT2D eigenvalue weighted by Crippen LogP contribution is -2.29. The molecule has 1 saturated heterocycles. The lowest BCUT2D eigenvalue weighted by atomic mass is 10.0. The molecule has 1 aromatic rings. The van der Waals surface area contributed by atoms with E-state index < -0.39 is 0 Å². The van der Waals surface area contributed by atoms with Crippen molar-refractivity contribution < 1.29 is 13.9 Å². The van der Waals surface area contributed by atoms with E-state index in [2.05, 4.69) is 0 Å². The van der Waals surface area contributed by atoms with Gasteiger partial charge in [0.25, 0.3) is 5.91 Å². The fourth-order valence-corrected chi connectivity index (χ4v) is 3.27. The van der Waals surface area contributed by atoms with Crippen molar-refractivity contribution in [3.8, 4) is 0 Å². The van der Waals surface area contributed by atoms with Gasteiger partial charge in [-0.3, -0.25) is 4.79 Å². The van der Waals surface area contributed by atoms with Gasteiger partial charge < -0.3 is 14.1 Å². The smallest absolute Gasteiger partial charge is 0.289 e. The topological polar surface area (TPSA) is 42.7 Å². The largest absolute Gasteiger partial charge is 0.453 e. The summed E-state index contributed by atoms with van der Waals surface area (Å²) in [6, 6.07) is 3.57. The molecule has 2 unspecified atom stereocenters. The number of carbonyl (C=O) groups excluding carboxylic acids is 1. The zero-order chi connectivity index (χ0) is 12.5. The van der Waals surface area contributed by atoms with Crippen LogP contribution < -0.4 is 0 Å². The number of ether oxygens (including phenoxy) is 1. The highest BCUT2D eigenvalue weighted by atomic mass is 16.5. The second-order valence-corrected chi connectivity index (χ2v) is 5.36. The van der Waals surface area contributed by atoms with E-state index in [0.29, 0.717) is 18.1 Å². The highest BCUT2D eigenvalue weighted by molar-refractivity contribution is 5.91. The third kappa shape index (κ3) is 2.05. The third-order valence-electron chi connectivity index (χ3n) is 4.17. The molecule has 2 aliphatic rings. The van der Waals surface area contributed by atoms with E-state index in [9.17, 15) is 4.79 Å². The molecule has 1 saturated carbocycles. The van der Waals surface area contributed by atoms with Crippen molar-refractivity contribution in [2.45, 2.75) is 25.9 Å². The first-order chi connectivity index (χ1) is 8.78. The molecule has 1 aromatic heterocycles. The number of likely N-dealkylation sites (tertiary alicyclic amines) is 1. The summed E-state index contributed by atoms with van der Waals surface area (Å²) in [7, 11) is 1.62. The SMILES string of the molecule is COCc1ccc(C(=O)N2CC3CCCC3C2)o1. The predicted octanol–water partition coefficient (Wildman–Crippen LogP) is 2.30. The van der Waals surface area contributed by atoms with Crippen LogP contribution in [0, 0.1) is 11.8 Å². The van der Waals surface area contributed by atoms with Crippen LogP contribution in [0.15, 0.2) is 16.5 Å². The molecule has 4 nitrogen and oxygen atoms in total. The van der Waals surface area contributed by atoms with E-state index in [1.807, 2.05) is 11.0 Å². The number of methoxy groups -OCH3 is 1. The van der Waals surface area contributed by atoms with Gasteiger partial charge in [-0.25, -0.2) is 0 Å². The number of hydrogen-bond acceptors (Lipinski definition) is 3. The van der Waals surface area contributed by atoms with Crippen molar-refractivity contribution in [1.82, 2.24) is 4.90 Å². The van der Waals surface area contributed by atoms with Crippen molar-refractivity contribution in [3.63, 3.8) is 0 Å². The molecule has 3 rings (SSSR count). The van der Waals surface area contributed by atoms with Crippen LogP contribution in [-0.4, -0.2) is 31.0 Å². The number of carbonyl (C=O) groups is 1. The molecule has 2 atom stereocenters. The molecule has 98 valence electrons. The Morgan fingerprint density at radius 3 is 2.78 bits per heavy atom. The van der Waals surface area contributed by atoms with Gasteiger partial charge in [0.2, 0.25) is 0 Å². The zero-order valence-corrected chi connectivity index (χ0v) is 10.7. The number of hydrogen-bond donors (Lipinski definition) is 0. The Labute approximate surface area is 107 Å². The zero-order valence-electron chi connectivity index (χ0n) is 10.7. The van der Waals surface area contributed by atoms with Crippen molar-refractivity contribution >= 4 is 5.91 Å². The van der Waals surface area contributed by atoms with Crippen LogP contribution in [0.2, 0.25) is 0 Å². The predicted molar refractivity (Wildman–Crippen MR) is 66.2 cm³/mol. The molecule has 1 aliphatic heterocycles. The molecule has 0 bridgehead atoms. The van der Waals surface area contributed by atoms with Gasteiger partial charge in [-0.15, -0.1) is 0 Å². The second-order valence-electron chi connectivity index (χ2n) is 5.36. The van der Waals surface area contributed by atoms with Crippen molar-refractivity contribution in [3.05, 3.63) is 23.7 Å². The molecular weight excluding hydrogens is 230 g/mol. The normalized spacial score (nSPS) is 26.6. The maximum absolute atomic E-state index is 12.3. The summed E-state index contributed by atoms with van der Waals surface area (Å²) in [4.78, 5) is 14.2. The van der Waals surface area contributed by atoms with Crippen molar-refractivity contribution in [1.29, 1.82) is 0 Å². The Morgan fingerprint density at radius 1 is 1.39 bits per heavy atom. The van der Waals surface area contributed by atoms with E-state index in [0.717, 1.165) is 24.9 Å². The first-order valence-corrected chi connectivity index (χ1v) is 6.65. The van der Waals surface area contributed by atoms with Crippen LogP contribution >= 0.6 is 0 Å². The fourth-order valence-electron chi connectivity index (χ4n) is 3.27. The monoisotopic (exact) mass is 249 g/mol. The van der Waals surface area contributed by atoms with Crippen LogP contribution in [0.4, 0.5) is 0 Å². The Balaban J connectivity index is 1.67. The molecular formula is C14H19NO3. The average molecular weight is 249 g/mol. The van der Waals surface area contributed by atoms with Gasteiger partial charge in [0, 0.05) is 20.2 Å². The van der Waals surface area contributed by atoms with Gasteiger partial charge in [0.05, 0.1) is 0 Å². The minimum atomic E-state index is 0.0340. The summed E-state index contributed by atoms with van der Waals surface area (Å²) >= 11 is 0. The molecule has 2 heterocycles. The van der Waals surface area contributed by atoms with Crippen LogP contribution in [0.5, 0.6) is 0 Å². The van der Waals surface area contributed by atoms with E-state index >= 15 is 0 Å². The lowest BCUT2D eigenvalue weighted by molar-refractivity contribution is 0.0741. The first kappa shape index (κ1) is 11.8. The molecule has 0 N–H and O–H groups in total. The fraction of sp³-hybridized carbons (Fsp3) is 0.643. The van der Waals surface area contributed by atoms with E-state index in [-0.39, 0.29) is 5.91 Å². The average Bonchev–Trinajstić information content (AvgIpc) is 3.02. The Kier molecular flexibility index (Phi) is 3.12. The number of amides is 1. The van der Waals surface area contributed by atoms with Gasteiger partial charge in [0.15, 0.2) is 5.76 Å².